The van der Waals surface area contributed by atoms with Gasteiger partial charge in [0.25, 0.3) is 11.5 Å². The molecule has 2 aromatic carbocycles. The van der Waals surface area contributed by atoms with Crippen molar-refractivity contribution in [2.45, 2.75) is 19.4 Å². The second kappa shape index (κ2) is 6.40. The number of amides is 1. The van der Waals surface area contributed by atoms with E-state index in [0.717, 1.165) is 15.7 Å². The van der Waals surface area contributed by atoms with Gasteiger partial charge in [-0.25, -0.2) is 4.98 Å². The molecular formula is C18H16N6O2. The summed E-state index contributed by atoms with van der Waals surface area (Å²) in [6.07, 6.45) is 0.388. The molecule has 4 rings (SSSR count). The van der Waals surface area contributed by atoms with Gasteiger partial charge in [0.05, 0.1) is 16.4 Å². The number of carbonyl (C=O) groups excluding carboxylic acids is 1. The third kappa shape index (κ3) is 2.71. The molecule has 0 aliphatic rings. The lowest BCUT2D eigenvalue weighted by Gasteiger charge is -2.15. The van der Waals surface area contributed by atoms with E-state index in [1.54, 1.807) is 24.3 Å². The molecule has 0 saturated heterocycles. The summed E-state index contributed by atoms with van der Waals surface area (Å²) in [5, 5.41) is 11.1. The summed E-state index contributed by atoms with van der Waals surface area (Å²) in [6, 6.07) is 13.6. The standard InChI is InChI=1S/C18H16N6O2/c1-2-15(24-17(26)11-7-3-4-8-12(11)22-23-24)16(25)21-18-19-13-9-5-6-10-14(13)20-18/h3-10,15H,2H2,1H3,(H2,19,20,21,25)/t15-/m0/s1. The van der Waals surface area contributed by atoms with E-state index in [9.17, 15) is 9.59 Å². The van der Waals surface area contributed by atoms with Gasteiger partial charge in [0.1, 0.15) is 11.6 Å². The van der Waals surface area contributed by atoms with Crippen LogP contribution < -0.4 is 10.9 Å². The van der Waals surface area contributed by atoms with E-state index < -0.39 is 6.04 Å². The zero-order chi connectivity index (χ0) is 18.1. The number of fused-ring (bicyclic) bond motifs is 2. The maximum atomic E-state index is 12.7. The van der Waals surface area contributed by atoms with Crippen molar-refractivity contribution in [1.82, 2.24) is 25.0 Å². The Hall–Kier alpha value is -3.55. The number of rotatable bonds is 4. The molecule has 0 aliphatic heterocycles. The molecule has 2 N–H and O–H groups in total. The summed E-state index contributed by atoms with van der Waals surface area (Å²) in [5.41, 5.74) is 1.72. The Balaban J connectivity index is 1.67. The summed E-state index contributed by atoms with van der Waals surface area (Å²) >= 11 is 0. The highest BCUT2D eigenvalue weighted by atomic mass is 16.2. The summed E-state index contributed by atoms with van der Waals surface area (Å²) in [5.74, 6) is -0.0466. The molecule has 0 radical (unpaired) electrons. The average molecular weight is 348 g/mol. The highest BCUT2D eigenvalue weighted by molar-refractivity contribution is 5.93. The predicted molar refractivity (Wildman–Crippen MR) is 97.8 cm³/mol. The number of imidazole rings is 1. The number of para-hydroxylation sites is 2. The van der Waals surface area contributed by atoms with Crippen LogP contribution in [-0.4, -0.2) is 30.9 Å². The first-order chi connectivity index (χ1) is 12.7. The first-order valence-electron chi connectivity index (χ1n) is 8.27. The second-order valence-electron chi connectivity index (χ2n) is 5.87. The number of nitrogens with one attached hydrogen (secondary N) is 2. The SMILES string of the molecule is CC[C@@H](C(=O)Nc1nc2ccccc2[nH]1)n1nnc2ccccc2c1=O. The molecule has 1 atom stereocenters. The average Bonchev–Trinajstić information content (AvgIpc) is 3.06. The lowest BCUT2D eigenvalue weighted by atomic mass is 10.2. The van der Waals surface area contributed by atoms with Crippen LogP contribution >= 0.6 is 0 Å². The Morgan fingerprint density at radius 1 is 1.15 bits per heavy atom. The number of anilines is 1. The number of hydrogen-bond donors (Lipinski definition) is 2. The number of H-pyrrole nitrogens is 1. The van der Waals surface area contributed by atoms with E-state index in [4.69, 9.17) is 0 Å². The molecule has 2 aromatic heterocycles. The summed E-state index contributed by atoms with van der Waals surface area (Å²) in [4.78, 5) is 32.8. The van der Waals surface area contributed by atoms with Crippen LogP contribution in [-0.2, 0) is 4.79 Å². The van der Waals surface area contributed by atoms with Crippen molar-refractivity contribution in [3.05, 3.63) is 58.9 Å². The maximum absolute atomic E-state index is 12.7. The van der Waals surface area contributed by atoms with E-state index in [1.807, 2.05) is 31.2 Å². The first kappa shape index (κ1) is 15.9. The van der Waals surface area contributed by atoms with Crippen molar-refractivity contribution >= 4 is 33.8 Å². The fraction of sp³-hybridized carbons (Fsp3) is 0.167. The molecule has 0 aliphatic carbocycles. The molecule has 0 spiro atoms. The molecule has 0 unspecified atom stereocenters. The van der Waals surface area contributed by atoms with Crippen molar-refractivity contribution < 1.29 is 4.79 Å². The van der Waals surface area contributed by atoms with Crippen molar-refractivity contribution in [3.63, 3.8) is 0 Å². The van der Waals surface area contributed by atoms with Gasteiger partial charge < -0.3 is 4.98 Å². The largest absolute Gasteiger partial charge is 0.324 e. The lowest BCUT2D eigenvalue weighted by Crippen LogP contribution is -2.35. The Morgan fingerprint density at radius 2 is 1.88 bits per heavy atom. The number of aromatic amines is 1. The number of carbonyl (C=O) groups is 1. The van der Waals surface area contributed by atoms with E-state index >= 15 is 0 Å². The summed E-state index contributed by atoms with van der Waals surface area (Å²) in [6.45, 7) is 1.81. The van der Waals surface area contributed by atoms with Gasteiger partial charge in [0.15, 0.2) is 0 Å². The smallest absolute Gasteiger partial charge is 0.278 e. The predicted octanol–water partition coefficient (Wildman–Crippen LogP) is 2.26. The maximum Gasteiger partial charge on any atom is 0.278 e. The van der Waals surface area contributed by atoms with Gasteiger partial charge in [-0.2, -0.15) is 4.68 Å². The second-order valence-corrected chi connectivity index (χ2v) is 5.87. The van der Waals surface area contributed by atoms with E-state index in [1.165, 1.54) is 0 Å². The third-order valence-electron chi connectivity index (χ3n) is 4.21. The number of nitrogens with zero attached hydrogens (tertiary/aromatic N) is 4. The van der Waals surface area contributed by atoms with Gasteiger partial charge >= 0.3 is 0 Å². The molecule has 1 amide bonds. The molecule has 130 valence electrons. The molecule has 26 heavy (non-hydrogen) atoms. The minimum Gasteiger partial charge on any atom is -0.324 e. The van der Waals surface area contributed by atoms with E-state index in [2.05, 4.69) is 25.6 Å². The highest BCUT2D eigenvalue weighted by Gasteiger charge is 2.23. The number of benzene rings is 2. The number of aromatic nitrogens is 5. The minimum absolute atomic E-state index is 0.330. The minimum atomic E-state index is -0.784. The van der Waals surface area contributed by atoms with Gasteiger partial charge in [-0.3, -0.25) is 14.9 Å². The fourth-order valence-corrected chi connectivity index (χ4v) is 2.89. The zero-order valence-corrected chi connectivity index (χ0v) is 14.0. The highest BCUT2D eigenvalue weighted by Crippen LogP contribution is 2.16. The monoisotopic (exact) mass is 348 g/mol. The Kier molecular flexibility index (Phi) is 3.92. The van der Waals surface area contributed by atoms with Crippen molar-refractivity contribution in [1.29, 1.82) is 0 Å². The van der Waals surface area contributed by atoms with Crippen molar-refractivity contribution in [2.24, 2.45) is 0 Å². The van der Waals surface area contributed by atoms with Gasteiger partial charge in [-0.05, 0) is 30.7 Å². The third-order valence-corrected chi connectivity index (χ3v) is 4.21. The normalized spacial score (nSPS) is 12.3. The molecule has 0 fully saturated rings. The number of hydrogen-bond acceptors (Lipinski definition) is 5. The Bertz CT molecular complexity index is 1130. The van der Waals surface area contributed by atoms with E-state index in [0.29, 0.717) is 23.3 Å². The fourth-order valence-electron chi connectivity index (χ4n) is 2.89. The van der Waals surface area contributed by atoms with Gasteiger partial charge in [0.2, 0.25) is 5.95 Å². The molecular weight excluding hydrogens is 332 g/mol. The molecule has 2 heterocycles. The molecule has 0 bridgehead atoms. The van der Waals surface area contributed by atoms with Crippen LogP contribution in [0, 0.1) is 0 Å². The van der Waals surface area contributed by atoms with Crippen LogP contribution in [0.4, 0.5) is 5.95 Å². The van der Waals surface area contributed by atoms with E-state index in [-0.39, 0.29) is 11.5 Å². The molecule has 0 saturated carbocycles. The van der Waals surface area contributed by atoms with Crippen molar-refractivity contribution in [2.75, 3.05) is 5.32 Å². The van der Waals surface area contributed by atoms with Gasteiger partial charge in [0, 0.05) is 0 Å². The lowest BCUT2D eigenvalue weighted by molar-refractivity contribution is -0.119. The van der Waals surface area contributed by atoms with Gasteiger partial charge in [-0.1, -0.05) is 36.4 Å². The topological polar surface area (TPSA) is 106 Å². The van der Waals surface area contributed by atoms with Crippen molar-refractivity contribution in [3.8, 4) is 0 Å². The summed E-state index contributed by atoms with van der Waals surface area (Å²) in [7, 11) is 0. The zero-order valence-electron chi connectivity index (χ0n) is 14.0. The van der Waals surface area contributed by atoms with Crippen LogP contribution in [0.1, 0.15) is 19.4 Å². The Morgan fingerprint density at radius 3 is 2.65 bits per heavy atom. The molecule has 8 nitrogen and oxygen atoms in total. The van der Waals surface area contributed by atoms with Crippen LogP contribution in [0.25, 0.3) is 21.9 Å². The molecule has 4 aromatic rings. The first-order valence-corrected chi connectivity index (χ1v) is 8.27. The quantitative estimate of drug-likeness (QED) is 0.588. The van der Waals surface area contributed by atoms with Crippen LogP contribution in [0.5, 0.6) is 0 Å². The Labute approximate surface area is 147 Å². The molecule has 8 heteroatoms. The summed E-state index contributed by atoms with van der Waals surface area (Å²) < 4.78 is 1.13. The van der Waals surface area contributed by atoms with Gasteiger partial charge in [-0.15, -0.1) is 5.10 Å². The van der Waals surface area contributed by atoms with Crippen LogP contribution in [0.2, 0.25) is 0 Å². The van der Waals surface area contributed by atoms with Crippen LogP contribution in [0.3, 0.4) is 0 Å². The van der Waals surface area contributed by atoms with Crippen LogP contribution in [0.15, 0.2) is 53.3 Å².